The summed E-state index contributed by atoms with van der Waals surface area (Å²) in [5.41, 5.74) is 13.9. The van der Waals surface area contributed by atoms with Gasteiger partial charge in [0.15, 0.2) is 0 Å². The number of anilines is 1. The molecule has 0 unspecified atom stereocenters. The lowest BCUT2D eigenvalue weighted by Crippen LogP contribution is -2.01. The van der Waals surface area contributed by atoms with Gasteiger partial charge >= 0.3 is 0 Å². The van der Waals surface area contributed by atoms with Crippen LogP contribution in [0.4, 0.5) is 5.69 Å². The van der Waals surface area contributed by atoms with Crippen molar-refractivity contribution >= 4 is 50.4 Å². The van der Waals surface area contributed by atoms with Crippen LogP contribution in [-0.4, -0.2) is 15.7 Å². The molecule has 8 aromatic rings. The second kappa shape index (κ2) is 12.0. The van der Waals surface area contributed by atoms with Crippen molar-refractivity contribution in [3.8, 4) is 22.3 Å². The van der Waals surface area contributed by atoms with Crippen molar-refractivity contribution in [3.05, 3.63) is 169 Å². The molecule has 0 radical (unpaired) electrons. The van der Waals surface area contributed by atoms with Crippen molar-refractivity contribution < 1.29 is 4.42 Å². The lowest BCUT2D eigenvalue weighted by molar-refractivity contribution is 0.656. The van der Waals surface area contributed by atoms with Gasteiger partial charge in [0.25, 0.3) is 0 Å². The molecule has 8 rings (SSSR count). The molecule has 5 heteroatoms. The third kappa shape index (κ3) is 5.53. The lowest BCUT2D eigenvalue weighted by Gasteiger charge is -2.07. The molecule has 0 aliphatic heterocycles. The molecule has 0 saturated heterocycles. The van der Waals surface area contributed by atoms with Crippen LogP contribution in [0.25, 0.3) is 61.3 Å². The number of nitrogens with one attached hydrogen (secondary N) is 1. The van der Waals surface area contributed by atoms with Gasteiger partial charge in [-0.05, 0) is 76.4 Å². The number of pyridine rings is 2. The highest BCUT2D eigenvalue weighted by Crippen LogP contribution is 2.33. The van der Waals surface area contributed by atoms with Crippen LogP contribution in [0.3, 0.4) is 0 Å². The van der Waals surface area contributed by atoms with E-state index in [1.54, 1.807) is 6.20 Å². The van der Waals surface area contributed by atoms with Gasteiger partial charge in [0, 0.05) is 34.1 Å². The fourth-order valence-electron chi connectivity index (χ4n) is 5.65. The number of hydrogen-bond acceptors (Lipinski definition) is 5. The second-order valence-electron chi connectivity index (χ2n) is 11.1. The minimum Gasteiger partial charge on any atom is -0.438 e. The monoisotopic (exact) mass is 592 g/mol. The van der Waals surface area contributed by atoms with Crippen molar-refractivity contribution in [3.63, 3.8) is 0 Å². The average Bonchev–Trinajstić information content (AvgIpc) is 3.48. The largest absolute Gasteiger partial charge is 0.438 e. The van der Waals surface area contributed by atoms with Crippen molar-refractivity contribution in [2.24, 2.45) is 5.10 Å². The molecule has 0 aliphatic rings. The third-order valence-electron chi connectivity index (χ3n) is 8.10. The average molecular weight is 593 g/mol. The van der Waals surface area contributed by atoms with Crippen LogP contribution in [0, 0.1) is 0 Å². The summed E-state index contributed by atoms with van der Waals surface area (Å²) < 4.78 is 6.11. The van der Waals surface area contributed by atoms with E-state index in [0.29, 0.717) is 5.71 Å². The number of hydrogen-bond donors (Lipinski definition) is 1. The molecule has 0 saturated carbocycles. The molecule has 46 heavy (non-hydrogen) atoms. The molecule has 3 aromatic heterocycles. The topological polar surface area (TPSA) is 63.3 Å². The molecular weight excluding hydrogens is 564 g/mol. The number of benzene rings is 5. The fraction of sp³-hybridized carbons (Fsp3) is 0. The van der Waals surface area contributed by atoms with E-state index in [9.17, 15) is 0 Å². The molecule has 3 heterocycles. The smallest absolute Gasteiger partial charge is 0.227 e. The van der Waals surface area contributed by atoms with Crippen LogP contribution >= 0.6 is 0 Å². The molecule has 0 fully saturated rings. The number of fused-ring (bicyclic) bond motifs is 4. The Morgan fingerprint density at radius 1 is 0.652 bits per heavy atom. The summed E-state index contributed by atoms with van der Waals surface area (Å²) in [6.07, 6.45) is 7.80. The zero-order chi connectivity index (χ0) is 30.7. The maximum Gasteiger partial charge on any atom is 0.227 e. The zero-order valence-electron chi connectivity index (χ0n) is 24.8. The summed E-state index contributed by atoms with van der Waals surface area (Å²) in [4.78, 5) is 8.99. The van der Waals surface area contributed by atoms with E-state index in [2.05, 4.69) is 95.3 Å². The maximum absolute atomic E-state index is 6.11. The third-order valence-corrected chi connectivity index (χ3v) is 8.10. The predicted molar refractivity (Wildman–Crippen MR) is 190 cm³/mol. The SMILES string of the molecule is C(=C\c1ccc(-c2cccnc2)cc1)/C(=N\Nc1ccccc1)c1ccc(-c2ccc3oc4nc5ccccc5cc4c3c2)cc1. The Balaban J connectivity index is 1.10. The van der Waals surface area contributed by atoms with Gasteiger partial charge < -0.3 is 4.42 Å². The molecule has 5 nitrogen and oxygen atoms in total. The Kier molecular flexibility index (Phi) is 7.09. The first-order valence-electron chi connectivity index (χ1n) is 15.2. The number of hydrazone groups is 1. The Morgan fingerprint density at radius 3 is 2.24 bits per heavy atom. The van der Waals surface area contributed by atoms with Gasteiger partial charge in [-0.25, -0.2) is 4.98 Å². The highest BCUT2D eigenvalue weighted by molar-refractivity contribution is 6.11. The maximum atomic E-state index is 6.11. The summed E-state index contributed by atoms with van der Waals surface area (Å²) in [5.74, 6) is 0. The quantitative estimate of drug-likeness (QED) is 0.148. The summed E-state index contributed by atoms with van der Waals surface area (Å²) in [6.45, 7) is 0. The summed E-state index contributed by atoms with van der Waals surface area (Å²) in [5, 5.41) is 7.97. The van der Waals surface area contributed by atoms with Crippen LogP contribution in [0.5, 0.6) is 0 Å². The molecule has 0 bridgehead atoms. The molecule has 5 aromatic carbocycles. The number of rotatable bonds is 7. The number of allylic oxidation sites excluding steroid dienone is 1. The van der Waals surface area contributed by atoms with E-state index < -0.39 is 0 Å². The van der Waals surface area contributed by atoms with E-state index in [-0.39, 0.29) is 0 Å². The predicted octanol–water partition coefficient (Wildman–Crippen LogP) is 10.4. The minimum absolute atomic E-state index is 0.659. The van der Waals surface area contributed by atoms with E-state index in [1.165, 1.54) is 0 Å². The number of furan rings is 1. The first kappa shape index (κ1) is 27.2. The molecule has 0 atom stereocenters. The van der Waals surface area contributed by atoms with Gasteiger partial charge in [-0.2, -0.15) is 5.10 Å². The highest BCUT2D eigenvalue weighted by Gasteiger charge is 2.12. The van der Waals surface area contributed by atoms with E-state index >= 15 is 0 Å². The normalized spacial score (nSPS) is 12.0. The Hall–Kier alpha value is -6.33. The van der Waals surface area contributed by atoms with Crippen LogP contribution in [0.1, 0.15) is 11.1 Å². The van der Waals surface area contributed by atoms with Crippen LogP contribution < -0.4 is 5.43 Å². The van der Waals surface area contributed by atoms with Gasteiger partial charge in [0.05, 0.1) is 16.9 Å². The van der Waals surface area contributed by atoms with Crippen LogP contribution in [-0.2, 0) is 0 Å². The summed E-state index contributed by atoms with van der Waals surface area (Å²) >= 11 is 0. The summed E-state index contributed by atoms with van der Waals surface area (Å²) in [7, 11) is 0. The van der Waals surface area contributed by atoms with Crippen molar-refractivity contribution in [2.75, 3.05) is 5.43 Å². The van der Waals surface area contributed by atoms with E-state index in [4.69, 9.17) is 14.5 Å². The molecule has 0 aliphatic carbocycles. The molecular formula is C41H28N4O. The van der Waals surface area contributed by atoms with E-state index in [1.807, 2.05) is 72.9 Å². The highest BCUT2D eigenvalue weighted by atomic mass is 16.3. The molecule has 0 amide bonds. The van der Waals surface area contributed by atoms with Gasteiger partial charge in [-0.3, -0.25) is 10.4 Å². The van der Waals surface area contributed by atoms with Crippen molar-refractivity contribution in [1.29, 1.82) is 0 Å². The minimum atomic E-state index is 0.659. The lowest BCUT2D eigenvalue weighted by atomic mass is 10.00. The first-order chi connectivity index (χ1) is 22.8. The number of para-hydroxylation sites is 2. The number of nitrogens with zero attached hydrogens (tertiary/aromatic N) is 3. The van der Waals surface area contributed by atoms with Crippen molar-refractivity contribution in [2.45, 2.75) is 0 Å². The summed E-state index contributed by atoms with van der Waals surface area (Å²) in [6, 6.07) is 47.6. The van der Waals surface area contributed by atoms with E-state index in [0.717, 1.165) is 72.0 Å². The fourth-order valence-corrected chi connectivity index (χ4v) is 5.65. The van der Waals surface area contributed by atoms with Crippen LogP contribution in [0.2, 0.25) is 0 Å². The van der Waals surface area contributed by atoms with Crippen LogP contribution in [0.15, 0.2) is 168 Å². The van der Waals surface area contributed by atoms with Crippen molar-refractivity contribution in [1.82, 2.24) is 9.97 Å². The second-order valence-corrected chi connectivity index (χ2v) is 11.1. The Bertz CT molecular complexity index is 2360. The standard InChI is InChI=1S/C41H28N4O/c1-2-9-35(10-3-1)44-45-39(22-14-28-12-15-30(16-13-28)34-8-6-24-42-27-34)31-19-17-29(18-20-31)32-21-23-40-36(25-32)37-26-33-7-4-5-11-38(33)43-41(37)46-40/h1-27,44H/b22-14+,45-39+. The van der Waals surface area contributed by atoms with Gasteiger partial charge in [-0.15, -0.1) is 0 Å². The Labute approximate surface area is 266 Å². The molecule has 0 spiro atoms. The van der Waals surface area contributed by atoms with Gasteiger partial charge in [0.2, 0.25) is 5.71 Å². The first-order valence-corrected chi connectivity index (χ1v) is 15.2. The Morgan fingerprint density at radius 2 is 1.41 bits per heavy atom. The zero-order valence-corrected chi connectivity index (χ0v) is 24.8. The molecule has 218 valence electrons. The number of aromatic nitrogens is 2. The van der Waals surface area contributed by atoms with Gasteiger partial charge in [-0.1, -0.05) is 103 Å². The van der Waals surface area contributed by atoms with Gasteiger partial charge in [0.1, 0.15) is 5.58 Å². The molecule has 1 N–H and O–H groups in total.